The van der Waals surface area contributed by atoms with Gasteiger partial charge in [0.1, 0.15) is 5.82 Å². The van der Waals surface area contributed by atoms with Gasteiger partial charge >= 0.3 is 6.03 Å². The summed E-state index contributed by atoms with van der Waals surface area (Å²) in [4.78, 5) is 12.6. The van der Waals surface area contributed by atoms with Crippen LogP contribution in [0.25, 0.3) is 5.69 Å². The maximum absolute atomic E-state index is 13.3. The Morgan fingerprint density at radius 2 is 1.86 bits per heavy atom. The third kappa shape index (κ3) is 6.05. The molecule has 7 nitrogen and oxygen atoms in total. The Kier molecular flexibility index (Phi) is 7.43. The number of thioether (sulfide) groups is 1. The average Bonchev–Trinajstić information content (AvgIpc) is 3.28. The summed E-state index contributed by atoms with van der Waals surface area (Å²) in [6.07, 6.45) is 0. The molecule has 0 aliphatic carbocycles. The number of hydrogen-bond donors (Lipinski definition) is 2. The largest absolute Gasteiger partial charge is 0.328 e. The van der Waals surface area contributed by atoms with E-state index >= 15 is 0 Å². The SMILES string of the molecule is Cc1ccc(-n2c(SCc3ccc(F)cc3)nnc2C(C)NC(=O)Nc2cccc(C#N)c2)cc1. The average molecular weight is 487 g/mol. The molecule has 0 radical (unpaired) electrons. The molecule has 0 aliphatic heterocycles. The highest BCUT2D eigenvalue weighted by atomic mass is 32.2. The van der Waals surface area contributed by atoms with Crippen molar-refractivity contribution in [1.82, 2.24) is 20.1 Å². The molecule has 2 amide bonds. The number of aryl methyl sites for hydroxylation is 1. The van der Waals surface area contributed by atoms with E-state index in [-0.39, 0.29) is 5.82 Å². The van der Waals surface area contributed by atoms with Gasteiger partial charge in [0.25, 0.3) is 0 Å². The van der Waals surface area contributed by atoms with Gasteiger partial charge < -0.3 is 10.6 Å². The molecule has 1 unspecified atom stereocenters. The molecule has 0 aliphatic rings. The summed E-state index contributed by atoms with van der Waals surface area (Å²) in [6, 6.07) is 22.1. The van der Waals surface area contributed by atoms with Gasteiger partial charge in [-0.25, -0.2) is 9.18 Å². The minimum atomic E-state index is -0.469. The molecule has 1 atom stereocenters. The van der Waals surface area contributed by atoms with Crippen molar-refractivity contribution in [2.24, 2.45) is 0 Å². The van der Waals surface area contributed by atoms with Crippen LogP contribution in [0.3, 0.4) is 0 Å². The first-order valence-corrected chi connectivity index (χ1v) is 11.9. The van der Waals surface area contributed by atoms with Crippen molar-refractivity contribution in [2.75, 3.05) is 5.32 Å². The quantitative estimate of drug-likeness (QED) is 0.324. The fourth-order valence-electron chi connectivity index (χ4n) is 3.42. The monoisotopic (exact) mass is 486 g/mol. The number of carbonyl (C=O) groups excluding carboxylic acids is 1. The van der Waals surface area contributed by atoms with E-state index in [0.717, 1.165) is 16.8 Å². The Balaban J connectivity index is 1.55. The van der Waals surface area contributed by atoms with Crippen molar-refractivity contribution >= 4 is 23.5 Å². The van der Waals surface area contributed by atoms with Crippen LogP contribution in [0.1, 0.15) is 35.5 Å². The molecule has 9 heteroatoms. The van der Waals surface area contributed by atoms with Crippen molar-refractivity contribution in [3.8, 4) is 11.8 Å². The van der Waals surface area contributed by atoms with E-state index in [4.69, 9.17) is 5.26 Å². The van der Waals surface area contributed by atoms with Crippen molar-refractivity contribution in [1.29, 1.82) is 5.26 Å². The molecule has 35 heavy (non-hydrogen) atoms. The molecule has 4 aromatic rings. The highest BCUT2D eigenvalue weighted by Gasteiger charge is 2.21. The maximum atomic E-state index is 13.3. The molecule has 0 spiro atoms. The number of halogens is 1. The first-order valence-electron chi connectivity index (χ1n) is 10.9. The number of rotatable bonds is 7. The summed E-state index contributed by atoms with van der Waals surface area (Å²) >= 11 is 1.48. The molecule has 176 valence electrons. The van der Waals surface area contributed by atoms with Crippen LogP contribution in [0.4, 0.5) is 14.9 Å². The normalized spacial score (nSPS) is 11.5. The number of anilines is 1. The lowest BCUT2D eigenvalue weighted by Crippen LogP contribution is -2.32. The van der Waals surface area contributed by atoms with Gasteiger partial charge in [0.15, 0.2) is 11.0 Å². The minimum Gasteiger partial charge on any atom is -0.328 e. The van der Waals surface area contributed by atoms with Gasteiger partial charge in [-0.05, 0) is 61.9 Å². The van der Waals surface area contributed by atoms with E-state index < -0.39 is 12.1 Å². The summed E-state index contributed by atoms with van der Waals surface area (Å²) in [6.45, 7) is 3.84. The third-order valence-corrected chi connectivity index (χ3v) is 6.22. The molecular weight excluding hydrogens is 463 g/mol. The molecular formula is C26H23FN6OS. The minimum absolute atomic E-state index is 0.276. The van der Waals surface area contributed by atoms with Crippen molar-refractivity contribution in [2.45, 2.75) is 30.8 Å². The molecule has 0 bridgehead atoms. The molecule has 1 aromatic heterocycles. The molecule has 0 fully saturated rings. The van der Waals surface area contributed by atoms with Gasteiger partial charge in [-0.3, -0.25) is 4.57 Å². The topological polar surface area (TPSA) is 95.6 Å². The van der Waals surface area contributed by atoms with Crippen LogP contribution >= 0.6 is 11.8 Å². The second-order valence-corrected chi connectivity index (χ2v) is 8.88. The molecule has 0 saturated heterocycles. The van der Waals surface area contributed by atoms with Crippen LogP contribution in [0.5, 0.6) is 0 Å². The number of nitrogens with zero attached hydrogens (tertiary/aromatic N) is 4. The van der Waals surface area contributed by atoms with E-state index in [1.807, 2.05) is 42.7 Å². The zero-order valence-corrected chi connectivity index (χ0v) is 20.0. The number of nitrogens with one attached hydrogen (secondary N) is 2. The van der Waals surface area contributed by atoms with Crippen LogP contribution < -0.4 is 10.6 Å². The van der Waals surface area contributed by atoms with Crippen LogP contribution in [-0.2, 0) is 5.75 Å². The summed E-state index contributed by atoms with van der Waals surface area (Å²) in [5.41, 5.74) is 3.92. The third-order valence-electron chi connectivity index (χ3n) is 5.22. The first-order chi connectivity index (χ1) is 16.9. The lowest BCUT2D eigenvalue weighted by atomic mass is 10.2. The van der Waals surface area contributed by atoms with Gasteiger partial charge in [0.2, 0.25) is 0 Å². The molecule has 4 rings (SSSR count). The van der Waals surface area contributed by atoms with Crippen LogP contribution in [0.15, 0.2) is 78.0 Å². The van der Waals surface area contributed by atoms with Crippen molar-refractivity contribution in [3.63, 3.8) is 0 Å². The number of aromatic nitrogens is 3. The number of nitriles is 1. The molecule has 0 saturated carbocycles. The predicted molar refractivity (Wildman–Crippen MR) is 134 cm³/mol. The van der Waals surface area contributed by atoms with Gasteiger partial charge in [-0.2, -0.15) is 5.26 Å². The summed E-state index contributed by atoms with van der Waals surface area (Å²) in [7, 11) is 0. The summed E-state index contributed by atoms with van der Waals surface area (Å²) in [5.74, 6) is 0.875. The summed E-state index contributed by atoms with van der Waals surface area (Å²) < 4.78 is 15.2. The number of hydrogen-bond acceptors (Lipinski definition) is 5. The van der Waals surface area contributed by atoms with E-state index in [9.17, 15) is 9.18 Å². The van der Waals surface area contributed by atoms with E-state index in [2.05, 4.69) is 26.9 Å². The van der Waals surface area contributed by atoms with Crippen molar-refractivity contribution < 1.29 is 9.18 Å². The number of benzene rings is 3. The molecule has 1 heterocycles. The van der Waals surface area contributed by atoms with Gasteiger partial charge in [0, 0.05) is 17.1 Å². The highest BCUT2D eigenvalue weighted by Crippen LogP contribution is 2.28. The Labute approximate surface area is 207 Å². The van der Waals surface area contributed by atoms with Crippen LogP contribution in [0, 0.1) is 24.1 Å². The Hall–Kier alpha value is -4.16. The summed E-state index contributed by atoms with van der Waals surface area (Å²) in [5, 5.41) is 24.1. The highest BCUT2D eigenvalue weighted by molar-refractivity contribution is 7.98. The van der Waals surface area contributed by atoms with Gasteiger partial charge in [-0.1, -0.05) is 47.7 Å². The predicted octanol–water partition coefficient (Wildman–Crippen LogP) is 5.76. The number of urea groups is 1. The Morgan fingerprint density at radius 3 is 2.57 bits per heavy atom. The zero-order chi connectivity index (χ0) is 24.8. The number of carbonyl (C=O) groups is 1. The Bertz CT molecular complexity index is 1360. The van der Waals surface area contributed by atoms with E-state index in [1.54, 1.807) is 36.4 Å². The first kappa shape index (κ1) is 24.0. The lowest BCUT2D eigenvalue weighted by Gasteiger charge is -2.17. The van der Waals surface area contributed by atoms with Crippen LogP contribution in [0.2, 0.25) is 0 Å². The lowest BCUT2D eigenvalue weighted by molar-refractivity contribution is 0.249. The van der Waals surface area contributed by atoms with Crippen LogP contribution in [-0.4, -0.2) is 20.8 Å². The standard InChI is InChI=1S/C26H23FN6OS/c1-17-6-12-23(13-7-17)33-24(31-32-26(33)35-16-19-8-10-21(27)11-9-19)18(2)29-25(34)30-22-5-3-4-20(14-22)15-28/h3-14,18H,16H2,1-2H3,(H2,29,30,34). The van der Waals surface area contributed by atoms with E-state index in [0.29, 0.717) is 28.0 Å². The smallest absolute Gasteiger partial charge is 0.319 e. The maximum Gasteiger partial charge on any atom is 0.319 e. The second kappa shape index (κ2) is 10.8. The Morgan fingerprint density at radius 1 is 1.11 bits per heavy atom. The molecule has 2 N–H and O–H groups in total. The number of amides is 2. The second-order valence-electron chi connectivity index (χ2n) is 7.94. The van der Waals surface area contributed by atoms with Gasteiger partial charge in [0.05, 0.1) is 17.7 Å². The fourth-order valence-corrected chi connectivity index (χ4v) is 4.33. The van der Waals surface area contributed by atoms with Crippen molar-refractivity contribution in [3.05, 3.63) is 101 Å². The zero-order valence-electron chi connectivity index (χ0n) is 19.2. The van der Waals surface area contributed by atoms with Gasteiger partial charge in [-0.15, -0.1) is 10.2 Å². The van der Waals surface area contributed by atoms with E-state index in [1.165, 1.54) is 23.9 Å². The fraction of sp³-hybridized carbons (Fsp3) is 0.154. The molecule has 3 aromatic carbocycles.